The van der Waals surface area contributed by atoms with Crippen LogP contribution in [0.3, 0.4) is 0 Å². The van der Waals surface area contributed by atoms with Crippen LogP contribution in [0.5, 0.6) is 0 Å². The number of nitrogens with zero attached hydrogens (tertiary/aromatic N) is 2. The number of benzene rings is 1. The highest BCUT2D eigenvalue weighted by atomic mass is 19.1. The summed E-state index contributed by atoms with van der Waals surface area (Å²) in [5.74, 6) is -2.77. The Morgan fingerprint density at radius 3 is 2.61 bits per heavy atom. The van der Waals surface area contributed by atoms with Crippen molar-refractivity contribution in [3.05, 3.63) is 109 Å². The quantitative estimate of drug-likeness (QED) is 0.351. The van der Waals surface area contributed by atoms with Crippen LogP contribution in [0.4, 0.5) is 8.78 Å². The Morgan fingerprint density at radius 2 is 1.90 bits per heavy atom. The number of nitrogens with one attached hydrogen (secondary N) is 1. The topological polar surface area (TPSA) is 123 Å². The fourth-order valence-electron chi connectivity index (χ4n) is 6.47. The maximum absolute atomic E-state index is 16.1. The first kappa shape index (κ1) is 26.9. The first-order valence-electron chi connectivity index (χ1n) is 13.6. The molecule has 1 amide bonds. The number of primary amides is 1. The number of rotatable bonds is 4. The molecule has 3 aromatic heterocycles. The number of allylic oxidation sites excluding steroid dienone is 1. The third-order valence-corrected chi connectivity index (χ3v) is 8.69. The van der Waals surface area contributed by atoms with Crippen LogP contribution in [0.1, 0.15) is 66.2 Å². The number of aromatic nitrogens is 3. The molecule has 10 heteroatoms. The Kier molecular flexibility index (Phi) is 6.15. The van der Waals surface area contributed by atoms with Gasteiger partial charge in [0.25, 0.3) is 5.56 Å². The molecule has 212 valence electrons. The predicted molar refractivity (Wildman–Crippen MR) is 150 cm³/mol. The summed E-state index contributed by atoms with van der Waals surface area (Å²) in [6.07, 6.45) is 2.92. The smallest absolute Gasteiger partial charge is 0.340 e. The minimum Gasteiger partial charge on any atom is -0.390 e. The second-order valence-electron chi connectivity index (χ2n) is 11.6. The van der Waals surface area contributed by atoms with E-state index in [1.165, 1.54) is 18.3 Å². The molecular weight excluding hydrogens is 530 g/mol. The van der Waals surface area contributed by atoms with Gasteiger partial charge in [-0.3, -0.25) is 14.0 Å². The molecule has 4 aromatic rings. The number of fused-ring (bicyclic) bond motifs is 4. The van der Waals surface area contributed by atoms with Crippen LogP contribution in [-0.4, -0.2) is 30.6 Å². The fourth-order valence-corrected chi connectivity index (χ4v) is 6.47. The molecule has 4 N–H and O–H groups in total. The highest BCUT2D eigenvalue weighted by molar-refractivity contribution is 5.93. The van der Waals surface area contributed by atoms with E-state index in [0.29, 0.717) is 41.6 Å². The molecule has 0 saturated heterocycles. The Hall–Kier alpha value is -4.31. The van der Waals surface area contributed by atoms with Crippen molar-refractivity contribution in [2.45, 2.75) is 58.0 Å². The molecule has 0 spiro atoms. The van der Waals surface area contributed by atoms with Crippen LogP contribution in [-0.2, 0) is 17.6 Å². The van der Waals surface area contributed by atoms with E-state index in [0.717, 1.165) is 26.3 Å². The van der Waals surface area contributed by atoms with Gasteiger partial charge in [0.05, 0.1) is 22.7 Å². The summed E-state index contributed by atoms with van der Waals surface area (Å²) in [4.78, 5) is 42.3. The number of pyridine rings is 1. The van der Waals surface area contributed by atoms with Crippen molar-refractivity contribution in [2.24, 2.45) is 11.7 Å². The van der Waals surface area contributed by atoms with E-state index in [2.05, 4.69) is 4.98 Å². The van der Waals surface area contributed by atoms with Crippen LogP contribution in [0.25, 0.3) is 16.8 Å². The lowest BCUT2D eigenvalue weighted by Crippen LogP contribution is -2.36. The van der Waals surface area contributed by atoms with Gasteiger partial charge in [0.2, 0.25) is 5.91 Å². The van der Waals surface area contributed by atoms with Crippen molar-refractivity contribution in [2.75, 3.05) is 0 Å². The third-order valence-electron chi connectivity index (χ3n) is 8.69. The zero-order valence-electron chi connectivity index (χ0n) is 22.9. The van der Waals surface area contributed by atoms with Crippen LogP contribution >= 0.6 is 0 Å². The summed E-state index contributed by atoms with van der Waals surface area (Å²) < 4.78 is 32.4. The van der Waals surface area contributed by atoms with E-state index in [9.17, 15) is 23.9 Å². The normalized spacial score (nSPS) is 18.9. The monoisotopic (exact) mass is 560 g/mol. The number of amides is 1. The minimum atomic E-state index is -0.911. The van der Waals surface area contributed by atoms with E-state index in [1.54, 1.807) is 39.0 Å². The lowest BCUT2D eigenvalue weighted by Gasteiger charge is -2.33. The van der Waals surface area contributed by atoms with Crippen molar-refractivity contribution in [3.63, 3.8) is 0 Å². The average Bonchev–Trinajstić information content (AvgIpc) is 3.28. The van der Waals surface area contributed by atoms with Crippen molar-refractivity contribution < 1.29 is 18.7 Å². The fraction of sp³-hybridized carbons (Fsp3) is 0.323. The highest BCUT2D eigenvalue weighted by Crippen LogP contribution is 2.48. The zero-order chi connectivity index (χ0) is 29.4. The Bertz CT molecular complexity index is 1910. The molecule has 2 aliphatic rings. The maximum atomic E-state index is 16.1. The molecule has 0 fully saturated rings. The maximum Gasteiger partial charge on any atom is 0.340 e. The molecule has 1 aromatic carbocycles. The standard InChI is InChI=1S/C31H30F2N4O4/c1-15-17(6-4-8-23(15)37-25(38)14-24-20(32)7-5-11-36(24)30(37)40)26-21(33)13-19(29(34)39)28-27(26)18-10-9-16(31(2,3)41)12-22(18)35-28/h4-8,11,14,16,19,35,41H,9-10,12-13H2,1-3H3,(H2,34,39). The number of hydrogen-bond acceptors (Lipinski definition) is 4. The van der Waals surface area contributed by atoms with Gasteiger partial charge in [-0.15, -0.1) is 0 Å². The lowest BCUT2D eigenvalue weighted by atomic mass is 9.75. The van der Waals surface area contributed by atoms with Gasteiger partial charge in [0.1, 0.15) is 11.6 Å². The summed E-state index contributed by atoms with van der Waals surface area (Å²) >= 11 is 0. The molecule has 2 unspecified atom stereocenters. The summed E-state index contributed by atoms with van der Waals surface area (Å²) in [5, 5.41) is 10.7. The Balaban J connectivity index is 1.56. The molecule has 3 heterocycles. The summed E-state index contributed by atoms with van der Waals surface area (Å²) in [7, 11) is 0. The van der Waals surface area contributed by atoms with Gasteiger partial charge in [-0.2, -0.15) is 0 Å². The van der Waals surface area contributed by atoms with Crippen LogP contribution in [0, 0.1) is 18.7 Å². The molecular formula is C31H30F2N4O4. The SMILES string of the molecule is Cc1c(C2=C(F)CC(C(N)=O)c3[nH]c4c(c32)CCC(C(C)(C)O)C4)cccc1-n1c(=O)cc2c(F)cccn2c1=O. The second kappa shape index (κ2) is 9.37. The highest BCUT2D eigenvalue weighted by Gasteiger charge is 2.40. The first-order valence-corrected chi connectivity index (χ1v) is 13.6. The third kappa shape index (κ3) is 4.16. The largest absolute Gasteiger partial charge is 0.390 e. The summed E-state index contributed by atoms with van der Waals surface area (Å²) in [5.41, 5.74) is 7.48. The molecule has 0 saturated carbocycles. The summed E-state index contributed by atoms with van der Waals surface area (Å²) in [6, 6.07) is 8.53. The first-order chi connectivity index (χ1) is 19.4. The molecule has 2 atom stereocenters. The van der Waals surface area contributed by atoms with Gasteiger partial charge in [-0.25, -0.2) is 18.1 Å². The molecule has 6 rings (SSSR count). The van der Waals surface area contributed by atoms with Crippen molar-refractivity contribution in [1.29, 1.82) is 0 Å². The average molecular weight is 561 g/mol. The molecule has 0 radical (unpaired) electrons. The number of aromatic amines is 1. The molecule has 41 heavy (non-hydrogen) atoms. The van der Waals surface area contributed by atoms with E-state index in [4.69, 9.17) is 5.73 Å². The van der Waals surface area contributed by atoms with Gasteiger partial charge in [0.15, 0.2) is 0 Å². The van der Waals surface area contributed by atoms with Crippen molar-refractivity contribution in [1.82, 2.24) is 14.0 Å². The minimum absolute atomic E-state index is 0.0259. The number of H-pyrrole nitrogens is 1. The molecule has 8 nitrogen and oxygen atoms in total. The van der Waals surface area contributed by atoms with Crippen molar-refractivity contribution in [3.8, 4) is 5.69 Å². The van der Waals surface area contributed by atoms with Crippen LogP contribution < -0.4 is 17.0 Å². The Labute approximate surface area is 233 Å². The number of aliphatic hydroxyl groups is 1. The van der Waals surface area contributed by atoms with E-state index in [1.807, 2.05) is 0 Å². The number of hydrogen-bond donors (Lipinski definition) is 3. The lowest BCUT2D eigenvalue weighted by molar-refractivity contribution is -0.119. The summed E-state index contributed by atoms with van der Waals surface area (Å²) in [6.45, 7) is 5.23. The van der Waals surface area contributed by atoms with Crippen molar-refractivity contribution >= 4 is 17.0 Å². The van der Waals surface area contributed by atoms with Gasteiger partial charge < -0.3 is 15.8 Å². The van der Waals surface area contributed by atoms with Crippen LogP contribution in [0.15, 0.2) is 58.0 Å². The van der Waals surface area contributed by atoms with E-state index >= 15 is 4.39 Å². The zero-order valence-corrected chi connectivity index (χ0v) is 22.9. The number of carbonyl (C=O) groups is 1. The molecule has 0 aliphatic heterocycles. The van der Waals surface area contributed by atoms with Gasteiger partial charge >= 0.3 is 5.69 Å². The van der Waals surface area contributed by atoms with Gasteiger partial charge in [-0.1, -0.05) is 12.1 Å². The number of nitrogens with two attached hydrogens (primary N) is 1. The van der Waals surface area contributed by atoms with Gasteiger partial charge in [0, 0.05) is 41.2 Å². The Morgan fingerprint density at radius 1 is 1.15 bits per heavy atom. The molecule has 2 aliphatic carbocycles. The van der Waals surface area contributed by atoms with Gasteiger partial charge in [-0.05, 0) is 80.8 Å². The second-order valence-corrected chi connectivity index (χ2v) is 11.6. The predicted octanol–water partition coefficient (Wildman–Crippen LogP) is 3.80. The van der Waals surface area contributed by atoms with E-state index in [-0.39, 0.29) is 29.1 Å². The molecule has 0 bridgehead atoms. The van der Waals surface area contributed by atoms with Crippen LogP contribution in [0.2, 0.25) is 0 Å². The number of halogens is 2. The van der Waals surface area contributed by atoms with E-state index < -0.39 is 40.3 Å². The number of carbonyl (C=O) groups excluding carboxylic acids is 1.